The predicted octanol–water partition coefficient (Wildman–Crippen LogP) is 3.32. The molecule has 1 aliphatic rings. The summed E-state index contributed by atoms with van der Waals surface area (Å²) in [5.41, 5.74) is 0.561. The van der Waals surface area contributed by atoms with E-state index in [1.807, 2.05) is 31.2 Å². The van der Waals surface area contributed by atoms with Crippen molar-refractivity contribution in [1.29, 1.82) is 0 Å². The Morgan fingerprint density at radius 1 is 1.50 bits per heavy atom. The minimum atomic E-state index is -0.430. The molecule has 0 radical (unpaired) electrons. The number of carbonyl (C=O) groups excluding carboxylic acids is 1. The van der Waals surface area contributed by atoms with E-state index in [9.17, 15) is 4.79 Å². The third kappa shape index (κ3) is 1.82. The molecule has 2 rings (SSSR count). The molecule has 1 fully saturated rings. The zero-order chi connectivity index (χ0) is 11.6. The van der Waals surface area contributed by atoms with Crippen molar-refractivity contribution in [1.82, 2.24) is 0 Å². The number of esters is 1. The van der Waals surface area contributed by atoms with Crippen LogP contribution in [0.25, 0.3) is 0 Å². The SMILES string of the molecule is CCOC(=O)C1(c2cccc(Cl)c2)CCC1. The van der Waals surface area contributed by atoms with Crippen molar-refractivity contribution >= 4 is 17.6 Å². The Morgan fingerprint density at radius 3 is 2.75 bits per heavy atom. The third-order valence-corrected chi connectivity index (χ3v) is 3.49. The molecule has 0 aromatic heterocycles. The molecule has 1 aromatic carbocycles. The Morgan fingerprint density at radius 2 is 2.25 bits per heavy atom. The third-order valence-electron chi connectivity index (χ3n) is 3.25. The molecular formula is C13H15ClO2. The van der Waals surface area contributed by atoms with Gasteiger partial charge in [0, 0.05) is 5.02 Å². The standard InChI is InChI=1S/C13H15ClO2/c1-2-16-12(15)13(7-4-8-13)10-5-3-6-11(14)9-10/h3,5-6,9H,2,4,7-8H2,1H3. The fourth-order valence-corrected chi connectivity index (χ4v) is 2.39. The maximum Gasteiger partial charge on any atom is 0.316 e. The number of carbonyl (C=O) groups is 1. The molecule has 1 aliphatic carbocycles. The molecule has 0 unspecified atom stereocenters. The highest BCUT2D eigenvalue weighted by atomic mass is 35.5. The second-order valence-corrected chi connectivity index (χ2v) is 4.60. The summed E-state index contributed by atoms with van der Waals surface area (Å²) >= 11 is 5.96. The van der Waals surface area contributed by atoms with Gasteiger partial charge in [-0.1, -0.05) is 30.2 Å². The van der Waals surface area contributed by atoms with E-state index >= 15 is 0 Å². The molecule has 16 heavy (non-hydrogen) atoms. The normalized spacial score (nSPS) is 17.6. The van der Waals surface area contributed by atoms with Crippen LogP contribution in [0, 0.1) is 0 Å². The molecule has 0 bridgehead atoms. The molecule has 0 saturated heterocycles. The average molecular weight is 239 g/mol. The number of hydrogen-bond donors (Lipinski definition) is 0. The predicted molar refractivity (Wildman–Crippen MR) is 63.6 cm³/mol. The van der Waals surface area contributed by atoms with Crippen LogP contribution in [0.3, 0.4) is 0 Å². The maximum atomic E-state index is 12.0. The highest BCUT2D eigenvalue weighted by Crippen LogP contribution is 2.45. The van der Waals surface area contributed by atoms with Gasteiger partial charge in [0.25, 0.3) is 0 Å². The number of benzene rings is 1. The van der Waals surface area contributed by atoms with E-state index in [1.54, 1.807) is 0 Å². The molecule has 0 atom stereocenters. The highest BCUT2D eigenvalue weighted by Gasteiger charge is 2.46. The van der Waals surface area contributed by atoms with Crippen LogP contribution in [-0.4, -0.2) is 12.6 Å². The van der Waals surface area contributed by atoms with Crippen LogP contribution in [-0.2, 0) is 14.9 Å². The van der Waals surface area contributed by atoms with Crippen LogP contribution in [0.4, 0.5) is 0 Å². The molecule has 0 aliphatic heterocycles. The van der Waals surface area contributed by atoms with Crippen molar-refractivity contribution in [3.05, 3.63) is 34.9 Å². The maximum absolute atomic E-state index is 12.0. The Labute approximate surface area is 101 Å². The largest absolute Gasteiger partial charge is 0.465 e. The molecule has 0 heterocycles. The van der Waals surface area contributed by atoms with Gasteiger partial charge in [-0.15, -0.1) is 0 Å². The first kappa shape index (κ1) is 11.5. The van der Waals surface area contributed by atoms with E-state index < -0.39 is 5.41 Å². The summed E-state index contributed by atoms with van der Waals surface area (Å²) in [6, 6.07) is 7.54. The van der Waals surface area contributed by atoms with E-state index in [1.165, 1.54) is 0 Å². The van der Waals surface area contributed by atoms with Gasteiger partial charge in [0.2, 0.25) is 0 Å². The van der Waals surface area contributed by atoms with E-state index in [4.69, 9.17) is 16.3 Å². The number of hydrogen-bond acceptors (Lipinski definition) is 2. The lowest BCUT2D eigenvalue weighted by atomic mass is 9.64. The first-order valence-corrected chi connectivity index (χ1v) is 6.00. The zero-order valence-electron chi connectivity index (χ0n) is 9.33. The van der Waals surface area contributed by atoms with Gasteiger partial charge in [-0.2, -0.15) is 0 Å². The summed E-state index contributed by atoms with van der Waals surface area (Å²) in [6.07, 6.45) is 2.81. The van der Waals surface area contributed by atoms with Gasteiger partial charge in [0.15, 0.2) is 0 Å². The Hall–Kier alpha value is -1.02. The van der Waals surface area contributed by atoms with Gasteiger partial charge in [0.05, 0.1) is 12.0 Å². The van der Waals surface area contributed by atoms with E-state index in [2.05, 4.69) is 0 Å². The number of ether oxygens (including phenoxy) is 1. The van der Waals surface area contributed by atoms with Gasteiger partial charge >= 0.3 is 5.97 Å². The van der Waals surface area contributed by atoms with E-state index in [0.717, 1.165) is 24.8 Å². The van der Waals surface area contributed by atoms with Gasteiger partial charge in [0.1, 0.15) is 0 Å². The molecule has 0 spiro atoms. The van der Waals surface area contributed by atoms with Gasteiger partial charge in [-0.25, -0.2) is 0 Å². The Balaban J connectivity index is 2.31. The topological polar surface area (TPSA) is 26.3 Å². The smallest absolute Gasteiger partial charge is 0.316 e. The molecule has 2 nitrogen and oxygen atoms in total. The van der Waals surface area contributed by atoms with Gasteiger partial charge in [-0.3, -0.25) is 4.79 Å². The fraction of sp³-hybridized carbons (Fsp3) is 0.462. The van der Waals surface area contributed by atoms with Crippen molar-refractivity contribution in [3.8, 4) is 0 Å². The molecule has 86 valence electrons. The van der Waals surface area contributed by atoms with Crippen molar-refractivity contribution in [2.75, 3.05) is 6.61 Å². The van der Waals surface area contributed by atoms with Gasteiger partial charge in [-0.05, 0) is 37.5 Å². The summed E-state index contributed by atoms with van der Waals surface area (Å²) in [5, 5.41) is 0.674. The lowest BCUT2D eigenvalue weighted by molar-refractivity contribution is -0.153. The van der Waals surface area contributed by atoms with Crippen LogP contribution in [0.15, 0.2) is 24.3 Å². The molecule has 1 aromatic rings. The first-order valence-electron chi connectivity index (χ1n) is 5.62. The molecule has 1 saturated carbocycles. The average Bonchev–Trinajstić information content (AvgIpc) is 2.16. The lowest BCUT2D eigenvalue weighted by Gasteiger charge is -2.39. The Bertz CT molecular complexity index is 397. The molecule has 3 heteroatoms. The number of halogens is 1. The zero-order valence-corrected chi connectivity index (χ0v) is 10.1. The minimum Gasteiger partial charge on any atom is -0.465 e. The highest BCUT2D eigenvalue weighted by molar-refractivity contribution is 6.30. The van der Waals surface area contributed by atoms with Crippen LogP contribution in [0.5, 0.6) is 0 Å². The summed E-state index contributed by atoms with van der Waals surface area (Å²) in [4.78, 5) is 12.0. The first-order chi connectivity index (χ1) is 7.69. The fourth-order valence-electron chi connectivity index (χ4n) is 2.20. The molecule has 0 amide bonds. The van der Waals surface area contributed by atoms with E-state index in [-0.39, 0.29) is 5.97 Å². The quantitative estimate of drug-likeness (QED) is 0.755. The monoisotopic (exact) mass is 238 g/mol. The lowest BCUT2D eigenvalue weighted by Crippen LogP contribution is -2.43. The molecular weight excluding hydrogens is 224 g/mol. The van der Waals surface area contributed by atoms with Crippen molar-refractivity contribution in [3.63, 3.8) is 0 Å². The summed E-state index contributed by atoms with van der Waals surface area (Å²) in [5.74, 6) is -0.108. The van der Waals surface area contributed by atoms with Crippen LogP contribution >= 0.6 is 11.6 Å². The second kappa shape index (κ2) is 4.46. The number of rotatable bonds is 3. The van der Waals surface area contributed by atoms with E-state index in [0.29, 0.717) is 11.6 Å². The summed E-state index contributed by atoms with van der Waals surface area (Å²) in [7, 11) is 0. The summed E-state index contributed by atoms with van der Waals surface area (Å²) in [6.45, 7) is 2.27. The van der Waals surface area contributed by atoms with Crippen molar-refractivity contribution < 1.29 is 9.53 Å². The molecule has 0 N–H and O–H groups in total. The summed E-state index contributed by atoms with van der Waals surface area (Å²) < 4.78 is 5.16. The second-order valence-electron chi connectivity index (χ2n) is 4.17. The van der Waals surface area contributed by atoms with Crippen LogP contribution in [0.2, 0.25) is 5.02 Å². The van der Waals surface area contributed by atoms with Crippen molar-refractivity contribution in [2.24, 2.45) is 0 Å². The van der Waals surface area contributed by atoms with Gasteiger partial charge < -0.3 is 4.74 Å². The Kier molecular flexibility index (Phi) is 3.20. The van der Waals surface area contributed by atoms with Crippen LogP contribution < -0.4 is 0 Å². The minimum absolute atomic E-state index is 0.108. The van der Waals surface area contributed by atoms with Crippen LogP contribution in [0.1, 0.15) is 31.7 Å². The van der Waals surface area contributed by atoms with Crippen molar-refractivity contribution in [2.45, 2.75) is 31.6 Å².